The van der Waals surface area contributed by atoms with Crippen LogP contribution < -0.4 is 0 Å². The zero-order chi connectivity index (χ0) is 22.8. The Hall–Kier alpha value is -1.94. The van der Waals surface area contributed by atoms with E-state index in [0.29, 0.717) is 6.07 Å². The second-order valence-corrected chi connectivity index (χ2v) is 7.72. The molecule has 0 saturated carbocycles. The fourth-order valence-electron chi connectivity index (χ4n) is 2.26. The van der Waals surface area contributed by atoms with Gasteiger partial charge in [-0.25, -0.2) is 4.68 Å². The molecule has 8 nitrogen and oxygen atoms in total. The monoisotopic (exact) mass is 504 g/mol. The van der Waals surface area contributed by atoms with Gasteiger partial charge in [-0.15, -0.1) is 0 Å². The molecule has 30 heavy (non-hydrogen) atoms. The number of nitrogens with zero attached hydrogens (tertiary/aromatic N) is 4. The fourth-order valence-corrected chi connectivity index (χ4v) is 3.35. The molecule has 1 unspecified atom stereocenters. The summed E-state index contributed by atoms with van der Waals surface area (Å²) >= 11 is 17.8. The topological polar surface area (TPSA) is 99.6 Å². The fraction of sp³-hybridized carbons (Fsp3) is 0.333. The molecule has 1 atom stereocenters. The Labute approximate surface area is 183 Å². The highest BCUT2D eigenvalue weighted by Crippen LogP contribution is 2.45. The summed E-state index contributed by atoms with van der Waals surface area (Å²) < 4.78 is 56.7. The van der Waals surface area contributed by atoms with Gasteiger partial charge in [-0.05, 0) is 19.9 Å². The maximum atomic E-state index is 13.1. The average molecular weight is 506 g/mol. The predicted octanol–water partition coefficient (Wildman–Crippen LogP) is 6.51. The van der Waals surface area contributed by atoms with Crippen molar-refractivity contribution < 1.29 is 27.4 Å². The van der Waals surface area contributed by atoms with Crippen LogP contribution >= 0.6 is 43.3 Å². The summed E-state index contributed by atoms with van der Waals surface area (Å²) in [6.07, 6.45) is -4.04. The summed E-state index contributed by atoms with van der Waals surface area (Å²) in [6.45, 7) is 3.19. The highest BCUT2D eigenvalue weighted by Gasteiger charge is 2.37. The zero-order valence-corrected chi connectivity index (χ0v) is 18.2. The molecule has 0 fully saturated rings. The lowest BCUT2D eigenvalue weighted by atomic mass is 10.2. The maximum Gasteiger partial charge on any atom is 0.417 e. The van der Waals surface area contributed by atoms with Gasteiger partial charge < -0.3 is 4.74 Å². The van der Waals surface area contributed by atoms with Crippen molar-refractivity contribution >= 4 is 60.7 Å². The second kappa shape index (κ2) is 9.47. The van der Waals surface area contributed by atoms with Crippen molar-refractivity contribution in [2.24, 2.45) is 4.99 Å². The number of hydrogen-bond acceptors (Lipinski definition) is 6. The van der Waals surface area contributed by atoms with Crippen LogP contribution in [0.25, 0.3) is 5.69 Å². The first-order valence-corrected chi connectivity index (χ1v) is 9.96. The normalized spacial score (nSPS) is 13.5. The van der Waals surface area contributed by atoms with Crippen molar-refractivity contribution in [3.63, 3.8) is 0 Å². The third-order valence-electron chi connectivity index (χ3n) is 3.60. The molecule has 0 bridgehead atoms. The molecule has 0 aliphatic rings. The van der Waals surface area contributed by atoms with Crippen LogP contribution in [-0.2, 0) is 15.5 Å². The summed E-state index contributed by atoms with van der Waals surface area (Å²) in [5.74, 6) is -0.595. The van der Waals surface area contributed by atoms with E-state index < -0.39 is 48.9 Å². The molecule has 2 aromatic rings. The van der Waals surface area contributed by atoms with Gasteiger partial charge in [0.25, 0.3) is 0 Å². The third kappa shape index (κ3) is 4.85. The number of aliphatic imine (C=N–C) groups is 1. The first kappa shape index (κ1) is 24.3. The number of rotatable bonds is 6. The quantitative estimate of drug-likeness (QED) is 0.111. The van der Waals surface area contributed by atoms with Crippen LogP contribution in [0.4, 0.5) is 24.7 Å². The van der Waals surface area contributed by atoms with Gasteiger partial charge in [0, 0.05) is 0 Å². The van der Waals surface area contributed by atoms with Crippen LogP contribution in [0.2, 0.25) is 15.1 Å². The number of hydrogen-bond donors (Lipinski definition) is 0. The van der Waals surface area contributed by atoms with Crippen LogP contribution in [0.1, 0.15) is 19.4 Å². The zero-order valence-electron chi connectivity index (χ0n) is 15.1. The summed E-state index contributed by atoms with van der Waals surface area (Å²) in [6, 6.07) is 0.522. The molecule has 0 amide bonds. The Morgan fingerprint density at radius 3 is 2.53 bits per heavy atom. The van der Waals surface area contributed by atoms with E-state index in [9.17, 15) is 27.9 Å². The summed E-state index contributed by atoms with van der Waals surface area (Å²) in [5, 5.41) is 13.2. The Morgan fingerprint density at radius 1 is 1.40 bits per heavy atom. The average Bonchev–Trinajstić information content (AvgIpc) is 3.06. The number of ether oxygens (including phenoxy) is 1. The first-order valence-electron chi connectivity index (χ1n) is 7.95. The number of nitro groups is 1. The van der Waals surface area contributed by atoms with E-state index >= 15 is 0 Å². The number of halogens is 6. The Kier molecular flexibility index (Phi) is 7.68. The summed E-state index contributed by atoms with van der Waals surface area (Å²) in [4.78, 5) is 14.6. The van der Waals surface area contributed by atoms with Crippen LogP contribution in [-0.4, -0.2) is 32.9 Å². The molecular formula is C15H11Cl3F3N4O4P. The lowest BCUT2D eigenvalue weighted by Crippen LogP contribution is -2.15. The highest BCUT2D eigenvalue weighted by molar-refractivity contribution is 7.26. The van der Waals surface area contributed by atoms with Crippen LogP contribution in [0.3, 0.4) is 0 Å². The van der Waals surface area contributed by atoms with Gasteiger partial charge in [-0.2, -0.15) is 23.3 Å². The number of benzene rings is 1. The number of alkyl halides is 3. The second-order valence-electron chi connectivity index (χ2n) is 5.57. The van der Waals surface area contributed by atoms with Crippen molar-refractivity contribution in [2.75, 3.05) is 6.61 Å². The van der Waals surface area contributed by atoms with Gasteiger partial charge in [-0.1, -0.05) is 34.8 Å². The van der Waals surface area contributed by atoms with Gasteiger partial charge in [-0.3, -0.25) is 14.7 Å². The van der Waals surface area contributed by atoms with Crippen molar-refractivity contribution in [1.82, 2.24) is 9.78 Å². The van der Waals surface area contributed by atoms with Crippen LogP contribution in [0.5, 0.6) is 0 Å². The molecule has 0 N–H and O–H groups in total. The minimum absolute atomic E-state index is 0.105. The van der Waals surface area contributed by atoms with E-state index in [-0.39, 0.29) is 26.7 Å². The van der Waals surface area contributed by atoms with Crippen molar-refractivity contribution in [3.8, 4) is 5.69 Å². The molecule has 1 aromatic carbocycles. The lowest BCUT2D eigenvalue weighted by molar-refractivity contribution is -0.384. The van der Waals surface area contributed by atoms with E-state index in [1.165, 1.54) is 6.92 Å². The molecule has 1 heterocycles. The standard InChI is InChI=1S/C15H11Cl3F3N4O4P/c1-3-29-14(6(2)30-28)23-13-9(25(26)27)5-22-24(13)12-8(16)4-7(15(19,20)21)10(17)11(12)18/h4-6H,3H2,1-2H3. The smallest absolute Gasteiger partial charge is 0.417 e. The highest BCUT2D eigenvalue weighted by atomic mass is 35.5. The van der Waals surface area contributed by atoms with Gasteiger partial charge in [0.15, 0.2) is 8.46 Å². The van der Waals surface area contributed by atoms with E-state index in [0.717, 1.165) is 10.9 Å². The van der Waals surface area contributed by atoms with E-state index in [2.05, 4.69) is 10.1 Å². The molecule has 1 aromatic heterocycles. The summed E-state index contributed by atoms with van der Waals surface area (Å²) in [7, 11) is -0.380. The maximum absolute atomic E-state index is 13.1. The molecule has 0 aliphatic heterocycles. The number of aromatic nitrogens is 2. The molecule has 0 spiro atoms. The minimum Gasteiger partial charge on any atom is -0.480 e. The van der Waals surface area contributed by atoms with Crippen LogP contribution in [0.15, 0.2) is 17.3 Å². The van der Waals surface area contributed by atoms with Gasteiger partial charge in [0.05, 0.1) is 32.2 Å². The summed E-state index contributed by atoms with van der Waals surface area (Å²) in [5.41, 5.74) is -3.05. The van der Waals surface area contributed by atoms with Crippen molar-refractivity contribution in [3.05, 3.63) is 43.0 Å². The molecule has 162 valence electrons. The van der Waals surface area contributed by atoms with E-state index in [4.69, 9.17) is 39.5 Å². The Morgan fingerprint density at radius 2 is 2.03 bits per heavy atom. The molecular weight excluding hydrogens is 495 g/mol. The molecule has 15 heteroatoms. The lowest BCUT2D eigenvalue weighted by Gasteiger charge is -2.16. The molecule has 0 saturated heterocycles. The van der Waals surface area contributed by atoms with Crippen LogP contribution in [0, 0.1) is 10.1 Å². The van der Waals surface area contributed by atoms with E-state index in [1.807, 2.05) is 0 Å². The Balaban J connectivity index is 2.84. The molecule has 2 rings (SSSR count). The van der Waals surface area contributed by atoms with Gasteiger partial charge in [0.1, 0.15) is 17.5 Å². The minimum atomic E-state index is -4.84. The Bertz CT molecular complexity index is 1030. The molecule has 0 radical (unpaired) electrons. The predicted molar refractivity (Wildman–Crippen MR) is 106 cm³/mol. The molecule has 0 aliphatic carbocycles. The third-order valence-corrected chi connectivity index (χ3v) is 5.28. The van der Waals surface area contributed by atoms with Crippen molar-refractivity contribution in [1.29, 1.82) is 0 Å². The van der Waals surface area contributed by atoms with Crippen molar-refractivity contribution in [2.45, 2.75) is 25.7 Å². The first-order chi connectivity index (χ1) is 13.9. The largest absolute Gasteiger partial charge is 0.480 e. The van der Waals surface area contributed by atoms with E-state index in [1.54, 1.807) is 6.92 Å². The van der Waals surface area contributed by atoms with Gasteiger partial charge in [0.2, 0.25) is 11.7 Å². The SMILES string of the molecule is CCOC(=Nc1c([N+](=O)[O-])cnn1-c1c(Cl)cc(C(F)(F)F)c(Cl)c1Cl)C(C)P=O. The van der Waals surface area contributed by atoms with Gasteiger partial charge >= 0.3 is 11.9 Å².